The summed E-state index contributed by atoms with van der Waals surface area (Å²) >= 11 is 0. The van der Waals surface area contributed by atoms with E-state index in [1.54, 1.807) is 0 Å². The van der Waals surface area contributed by atoms with Gasteiger partial charge in [0.25, 0.3) is 5.91 Å². The lowest BCUT2D eigenvalue weighted by Crippen LogP contribution is -2.39. The van der Waals surface area contributed by atoms with Gasteiger partial charge >= 0.3 is 0 Å². The predicted octanol–water partition coefficient (Wildman–Crippen LogP) is 1.23. The molecular weight excluding hydrogens is 244 g/mol. The zero-order chi connectivity index (χ0) is 13.5. The zero-order valence-corrected chi connectivity index (χ0v) is 9.95. The second-order valence-corrected chi connectivity index (χ2v) is 3.72. The van der Waals surface area contributed by atoms with Crippen molar-refractivity contribution in [2.45, 2.75) is 19.4 Å². The Morgan fingerprint density at radius 3 is 2.78 bits per heavy atom. The number of aliphatic hydroxyl groups is 1. The number of benzene rings is 1. The molecule has 0 saturated heterocycles. The molecular formula is C12H15F2NO3. The fourth-order valence-corrected chi connectivity index (χ4v) is 1.28. The molecule has 0 aliphatic heterocycles. The molecule has 0 aliphatic rings. The molecule has 18 heavy (non-hydrogen) atoms. The highest BCUT2D eigenvalue weighted by Crippen LogP contribution is 2.17. The SMILES string of the molecule is CC[C@H](CO)NC(=O)COc1ccc(F)cc1F. The molecule has 1 aromatic rings. The van der Waals surface area contributed by atoms with Gasteiger partial charge in [-0.1, -0.05) is 6.92 Å². The van der Waals surface area contributed by atoms with Crippen molar-refractivity contribution in [1.82, 2.24) is 5.32 Å². The van der Waals surface area contributed by atoms with E-state index in [4.69, 9.17) is 9.84 Å². The number of ether oxygens (including phenoxy) is 1. The van der Waals surface area contributed by atoms with Crippen LogP contribution in [-0.2, 0) is 4.79 Å². The number of hydrogen-bond donors (Lipinski definition) is 2. The number of hydrogen-bond acceptors (Lipinski definition) is 3. The second-order valence-electron chi connectivity index (χ2n) is 3.72. The summed E-state index contributed by atoms with van der Waals surface area (Å²) < 4.78 is 30.7. The summed E-state index contributed by atoms with van der Waals surface area (Å²) in [6, 6.07) is 2.48. The average molecular weight is 259 g/mol. The van der Waals surface area contributed by atoms with Gasteiger partial charge in [0.05, 0.1) is 12.6 Å². The minimum absolute atomic E-state index is 0.173. The third-order valence-electron chi connectivity index (χ3n) is 2.33. The Labute approximate surface area is 104 Å². The van der Waals surface area contributed by atoms with Gasteiger partial charge in [-0.15, -0.1) is 0 Å². The first-order valence-corrected chi connectivity index (χ1v) is 5.54. The predicted molar refractivity (Wildman–Crippen MR) is 61.2 cm³/mol. The van der Waals surface area contributed by atoms with Gasteiger partial charge in [-0.25, -0.2) is 8.78 Å². The Balaban J connectivity index is 2.47. The number of halogens is 2. The highest BCUT2D eigenvalue weighted by Gasteiger charge is 2.11. The summed E-state index contributed by atoms with van der Waals surface area (Å²) in [6.45, 7) is 1.24. The molecule has 6 heteroatoms. The average Bonchev–Trinajstić information content (AvgIpc) is 2.35. The number of aliphatic hydroxyl groups excluding tert-OH is 1. The maximum absolute atomic E-state index is 13.2. The summed E-state index contributed by atoms with van der Waals surface area (Å²) in [4.78, 5) is 11.4. The molecule has 1 aromatic carbocycles. The van der Waals surface area contributed by atoms with Gasteiger partial charge in [0.1, 0.15) is 5.82 Å². The molecule has 0 saturated carbocycles. The van der Waals surface area contributed by atoms with Crippen LogP contribution < -0.4 is 10.1 Å². The molecule has 0 heterocycles. The van der Waals surface area contributed by atoms with Crippen LogP contribution in [0.2, 0.25) is 0 Å². The van der Waals surface area contributed by atoms with Crippen molar-refractivity contribution in [1.29, 1.82) is 0 Å². The molecule has 0 aliphatic carbocycles. The van der Waals surface area contributed by atoms with E-state index in [0.29, 0.717) is 12.5 Å². The van der Waals surface area contributed by atoms with Crippen LogP contribution in [0.4, 0.5) is 8.78 Å². The number of carbonyl (C=O) groups excluding carboxylic acids is 1. The maximum atomic E-state index is 13.2. The van der Waals surface area contributed by atoms with Crippen molar-refractivity contribution in [3.63, 3.8) is 0 Å². The first-order chi connectivity index (χ1) is 8.56. The third-order valence-corrected chi connectivity index (χ3v) is 2.33. The first kappa shape index (κ1) is 14.4. The van der Waals surface area contributed by atoms with E-state index in [1.807, 2.05) is 6.92 Å². The van der Waals surface area contributed by atoms with Gasteiger partial charge in [0.15, 0.2) is 18.2 Å². The van der Waals surface area contributed by atoms with Gasteiger partial charge in [0.2, 0.25) is 0 Å². The first-order valence-electron chi connectivity index (χ1n) is 5.54. The number of rotatable bonds is 6. The van der Waals surface area contributed by atoms with E-state index < -0.39 is 17.5 Å². The minimum atomic E-state index is -0.864. The Morgan fingerprint density at radius 1 is 1.50 bits per heavy atom. The molecule has 1 rings (SSSR count). The minimum Gasteiger partial charge on any atom is -0.481 e. The van der Waals surface area contributed by atoms with Crippen molar-refractivity contribution < 1.29 is 23.4 Å². The lowest BCUT2D eigenvalue weighted by Gasteiger charge is -2.14. The molecule has 4 nitrogen and oxygen atoms in total. The molecule has 100 valence electrons. The van der Waals surface area contributed by atoms with Crippen LogP contribution in [0.5, 0.6) is 5.75 Å². The molecule has 0 aromatic heterocycles. The summed E-state index contributed by atoms with van der Waals surface area (Å²) in [5.41, 5.74) is 0. The zero-order valence-electron chi connectivity index (χ0n) is 9.95. The van der Waals surface area contributed by atoms with Gasteiger partial charge in [-0.3, -0.25) is 4.79 Å². The van der Waals surface area contributed by atoms with Crippen LogP contribution in [0.15, 0.2) is 18.2 Å². The van der Waals surface area contributed by atoms with E-state index in [-0.39, 0.29) is 25.0 Å². The van der Waals surface area contributed by atoms with Crippen molar-refractivity contribution in [2.24, 2.45) is 0 Å². The summed E-state index contributed by atoms with van der Waals surface area (Å²) in [5.74, 6) is -2.24. The Kier molecular flexibility index (Phi) is 5.51. The van der Waals surface area contributed by atoms with E-state index in [0.717, 1.165) is 12.1 Å². The maximum Gasteiger partial charge on any atom is 0.258 e. The normalized spacial score (nSPS) is 12.0. The van der Waals surface area contributed by atoms with Gasteiger partial charge < -0.3 is 15.2 Å². The van der Waals surface area contributed by atoms with Gasteiger partial charge in [-0.2, -0.15) is 0 Å². The van der Waals surface area contributed by atoms with Crippen LogP contribution >= 0.6 is 0 Å². The molecule has 0 bridgehead atoms. The van der Waals surface area contributed by atoms with Crippen molar-refractivity contribution in [2.75, 3.05) is 13.2 Å². The van der Waals surface area contributed by atoms with Crippen LogP contribution in [-0.4, -0.2) is 30.3 Å². The summed E-state index contributed by atoms with van der Waals surface area (Å²) in [7, 11) is 0. The molecule has 0 unspecified atom stereocenters. The van der Waals surface area contributed by atoms with E-state index in [1.165, 1.54) is 0 Å². The van der Waals surface area contributed by atoms with Crippen molar-refractivity contribution >= 4 is 5.91 Å². The second kappa shape index (κ2) is 6.90. The van der Waals surface area contributed by atoms with E-state index in [2.05, 4.69) is 5.32 Å². The van der Waals surface area contributed by atoms with Crippen molar-refractivity contribution in [3.8, 4) is 5.75 Å². The lowest BCUT2D eigenvalue weighted by molar-refractivity contribution is -0.124. The van der Waals surface area contributed by atoms with Crippen LogP contribution in [0.3, 0.4) is 0 Å². The van der Waals surface area contributed by atoms with Crippen molar-refractivity contribution in [3.05, 3.63) is 29.8 Å². The van der Waals surface area contributed by atoms with Crippen LogP contribution in [0.1, 0.15) is 13.3 Å². The van der Waals surface area contributed by atoms with E-state index >= 15 is 0 Å². The molecule has 1 atom stereocenters. The van der Waals surface area contributed by atoms with Gasteiger partial charge in [-0.05, 0) is 18.6 Å². The van der Waals surface area contributed by atoms with Crippen LogP contribution in [0, 0.1) is 11.6 Å². The quantitative estimate of drug-likeness (QED) is 0.808. The molecule has 1 amide bonds. The molecule has 2 N–H and O–H groups in total. The number of carbonyl (C=O) groups is 1. The smallest absolute Gasteiger partial charge is 0.258 e. The highest BCUT2D eigenvalue weighted by molar-refractivity contribution is 5.77. The van der Waals surface area contributed by atoms with Gasteiger partial charge in [0, 0.05) is 6.07 Å². The summed E-state index contributed by atoms with van der Waals surface area (Å²) in [6.07, 6.45) is 0.577. The number of nitrogens with one attached hydrogen (secondary N) is 1. The largest absolute Gasteiger partial charge is 0.481 e. The lowest BCUT2D eigenvalue weighted by atomic mass is 10.2. The fraction of sp³-hybridized carbons (Fsp3) is 0.417. The van der Waals surface area contributed by atoms with Crippen LogP contribution in [0.25, 0.3) is 0 Å². The Morgan fingerprint density at radius 2 is 2.22 bits per heavy atom. The highest BCUT2D eigenvalue weighted by atomic mass is 19.1. The fourth-order valence-electron chi connectivity index (χ4n) is 1.28. The standard InChI is InChI=1S/C12H15F2NO3/c1-2-9(6-16)15-12(17)7-18-11-4-3-8(13)5-10(11)14/h3-5,9,16H,2,6-7H2,1H3,(H,15,17)/t9-/m1/s1. The third kappa shape index (κ3) is 4.29. The molecule has 0 radical (unpaired) electrons. The Hall–Kier alpha value is -1.69. The Bertz CT molecular complexity index is 408. The molecule has 0 spiro atoms. The monoisotopic (exact) mass is 259 g/mol. The van der Waals surface area contributed by atoms with E-state index in [9.17, 15) is 13.6 Å². The topological polar surface area (TPSA) is 58.6 Å². The summed E-state index contributed by atoms with van der Waals surface area (Å²) in [5, 5.41) is 11.4. The molecule has 0 fully saturated rings. The number of amides is 1.